The average Bonchev–Trinajstić information content (AvgIpc) is 3.78. The van der Waals surface area contributed by atoms with E-state index < -0.39 is 0 Å². The largest absolute Gasteiger partial charge is 0.341 e. The molecule has 0 amide bonds. The van der Waals surface area contributed by atoms with Crippen LogP contribution >= 0.6 is 0 Å². The Bertz CT molecular complexity index is 3240. The summed E-state index contributed by atoms with van der Waals surface area (Å²) in [6.45, 7) is 11.8. The van der Waals surface area contributed by atoms with E-state index >= 15 is 0 Å². The quantitative estimate of drug-likeness (QED) is 0.110. The van der Waals surface area contributed by atoms with Crippen molar-refractivity contribution in [2.24, 2.45) is 5.92 Å². The fourth-order valence-electron chi connectivity index (χ4n) is 9.87. The Labute approximate surface area is 353 Å². The molecule has 1 fully saturated rings. The highest BCUT2D eigenvalue weighted by molar-refractivity contribution is 6.10. The van der Waals surface area contributed by atoms with E-state index in [1.807, 2.05) is 0 Å². The third-order valence-corrected chi connectivity index (χ3v) is 13.0. The van der Waals surface area contributed by atoms with Crippen molar-refractivity contribution in [1.82, 2.24) is 13.7 Å². The Morgan fingerprint density at radius 1 is 0.533 bits per heavy atom. The first-order valence-corrected chi connectivity index (χ1v) is 22.0. The summed E-state index contributed by atoms with van der Waals surface area (Å²) in [5, 5.41) is 8.00. The number of hydrogen-bond acceptors (Lipinski definition) is 0. The number of fused-ring (bicyclic) bond motifs is 9. The minimum Gasteiger partial charge on any atom is -0.341 e. The molecule has 1 saturated carbocycles. The molecule has 3 heterocycles. The van der Waals surface area contributed by atoms with E-state index in [-0.39, 0.29) is 0 Å². The van der Waals surface area contributed by atoms with Crippen LogP contribution in [0.25, 0.3) is 77.6 Å². The summed E-state index contributed by atoms with van der Waals surface area (Å²) in [7, 11) is 0. The van der Waals surface area contributed by atoms with Gasteiger partial charge in [-0.3, -0.25) is 0 Å². The fraction of sp³-hybridized carbons (Fsp3) is 0.193. The number of allylic oxidation sites excluding steroid dienone is 8. The molecule has 0 spiro atoms. The zero-order valence-corrected chi connectivity index (χ0v) is 35.3. The first-order valence-electron chi connectivity index (χ1n) is 22.0. The Morgan fingerprint density at radius 3 is 1.55 bits per heavy atom. The minimum absolute atomic E-state index is 0.526. The normalized spacial score (nSPS) is 16.5. The molecule has 3 heteroatoms. The van der Waals surface area contributed by atoms with Crippen molar-refractivity contribution in [1.29, 1.82) is 0 Å². The molecule has 0 bridgehead atoms. The van der Waals surface area contributed by atoms with Crippen LogP contribution < -0.4 is 0 Å². The Balaban J connectivity index is 0.942. The maximum atomic E-state index is 2.47. The third kappa shape index (κ3) is 6.72. The van der Waals surface area contributed by atoms with Crippen LogP contribution in [0, 0.1) is 5.92 Å². The summed E-state index contributed by atoms with van der Waals surface area (Å²) in [6, 6.07) is 47.4. The van der Waals surface area contributed by atoms with E-state index in [1.165, 1.54) is 99.7 Å². The lowest BCUT2D eigenvalue weighted by molar-refractivity contribution is 0.827. The predicted octanol–water partition coefficient (Wildman–Crippen LogP) is 15.4. The first-order chi connectivity index (χ1) is 29.6. The van der Waals surface area contributed by atoms with Gasteiger partial charge in [0.2, 0.25) is 0 Å². The summed E-state index contributed by atoms with van der Waals surface area (Å²) < 4.78 is 7.28. The van der Waals surface area contributed by atoms with Gasteiger partial charge < -0.3 is 13.7 Å². The van der Waals surface area contributed by atoms with Gasteiger partial charge in [0.15, 0.2) is 0 Å². The highest BCUT2D eigenvalue weighted by Crippen LogP contribution is 2.49. The molecular formula is C57H53N3. The van der Waals surface area contributed by atoms with E-state index in [1.54, 1.807) is 0 Å². The van der Waals surface area contributed by atoms with E-state index in [9.17, 15) is 0 Å². The molecule has 60 heavy (non-hydrogen) atoms. The van der Waals surface area contributed by atoms with Gasteiger partial charge in [-0.1, -0.05) is 121 Å². The Kier molecular flexibility index (Phi) is 9.97. The highest BCUT2D eigenvalue weighted by atomic mass is 15.0. The standard InChI is InChI=1S/C57H53N3/c1-5-39(16-15-17-40-27-31-55-49(35-40)45-18-9-12-21-52(45)58(55)6-2)34-41(24-25-42-28-32-56-50(36-42)46-19-10-13-22-53(46)59(56)7-3)26-29-43-37-48(43)44-30-33-57-51(38-44)47-20-11-14-23-54(47)60(57)8-4/h5,9-15,17-36,38,43,48H,6-8,16,37H2,1-4H3/b17-15+,25-24+,29-26+,39-5-,41-34-. The van der Waals surface area contributed by atoms with Crippen LogP contribution in [0.2, 0.25) is 0 Å². The van der Waals surface area contributed by atoms with Crippen molar-refractivity contribution in [2.75, 3.05) is 0 Å². The van der Waals surface area contributed by atoms with Crippen LogP contribution in [0.1, 0.15) is 63.1 Å². The van der Waals surface area contributed by atoms with Crippen molar-refractivity contribution in [3.63, 3.8) is 0 Å². The van der Waals surface area contributed by atoms with Gasteiger partial charge in [0, 0.05) is 85.1 Å². The van der Waals surface area contributed by atoms with Crippen LogP contribution in [0.3, 0.4) is 0 Å². The second kappa shape index (κ2) is 15.9. The van der Waals surface area contributed by atoms with Gasteiger partial charge in [-0.2, -0.15) is 0 Å². The SMILES string of the molecule is C\C=C(/C=C(/C=C/c1ccc2c(c1)c1ccccc1n2CC)\C=C\C1CC1c1ccc2c(c1)c1ccccc1n2CC)C/C=C/c1ccc2c(c1)c1ccccc1n2CC. The lowest BCUT2D eigenvalue weighted by atomic mass is 10.0. The average molecular weight is 780 g/mol. The van der Waals surface area contributed by atoms with Gasteiger partial charge >= 0.3 is 0 Å². The van der Waals surface area contributed by atoms with Crippen molar-refractivity contribution in [3.05, 3.63) is 192 Å². The summed E-state index contributed by atoms with van der Waals surface area (Å²) >= 11 is 0. The molecule has 0 radical (unpaired) electrons. The first kappa shape index (κ1) is 37.7. The van der Waals surface area contributed by atoms with E-state index in [4.69, 9.17) is 0 Å². The van der Waals surface area contributed by atoms with Crippen molar-refractivity contribution < 1.29 is 0 Å². The molecule has 9 aromatic rings. The molecule has 0 saturated heterocycles. The fourth-order valence-corrected chi connectivity index (χ4v) is 9.87. The summed E-state index contributed by atoms with van der Waals surface area (Å²) in [5.41, 5.74) is 14.3. The zero-order chi connectivity index (χ0) is 40.7. The molecule has 3 nitrogen and oxygen atoms in total. The molecule has 296 valence electrons. The van der Waals surface area contributed by atoms with Gasteiger partial charge in [0.05, 0.1) is 0 Å². The third-order valence-electron chi connectivity index (χ3n) is 13.0. The molecule has 6 aromatic carbocycles. The van der Waals surface area contributed by atoms with Gasteiger partial charge in [-0.25, -0.2) is 0 Å². The number of aromatic nitrogens is 3. The molecule has 1 aliphatic carbocycles. The monoisotopic (exact) mass is 779 g/mol. The smallest absolute Gasteiger partial charge is 0.0491 e. The van der Waals surface area contributed by atoms with Gasteiger partial charge in [-0.05, 0) is 135 Å². The Morgan fingerprint density at radius 2 is 1.02 bits per heavy atom. The number of aryl methyl sites for hydroxylation is 3. The van der Waals surface area contributed by atoms with Crippen LogP contribution in [-0.4, -0.2) is 13.7 Å². The molecule has 3 aromatic heterocycles. The van der Waals surface area contributed by atoms with Crippen LogP contribution in [0.15, 0.2) is 175 Å². The molecule has 2 atom stereocenters. The topological polar surface area (TPSA) is 14.8 Å². The van der Waals surface area contributed by atoms with Crippen LogP contribution in [-0.2, 0) is 19.6 Å². The number of rotatable bonds is 12. The highest BCUT2D eigenvalue weighted by Gasteiger charge is 2.36. The van der Waals surface area contributed by atoms with Crippen molar-refractivity contribution >= 4 is 77.6 Å². The number of para-hydroxylation sites is 3. The van der Waals surface area contributed by atoms with E-state index in [2.05, 4.69) is 217 Å². The van der Waals surface area contributed by atoms with Gasteiger partial charge in [-0.15, -0.1) is 0 Å². The number of nitrogens with zero attached hydrogens (tertiary/aromatic N) is 3. The maximum Gasteiger partial charge on any atom is 0.0491 e. The molecule has 10 rings (SSSR count). The summed E-state index contributed by atoms with van der Waals surface area (Å²) in [6.07, 6.45) is 20.7. The molecule has 1 aliphatic rings. The molecule has 0 N–H and O–H groups in total. The summed E-state index contributed by atoms with van der Waals surface area (Å²) in [4.78, 5) is 0. The maximum absolute atomic E-state index is 2.47. The molecule has 0 aliphatic heterocycles. The lowest BCUT2D eigenvalue weighted by Gasteiger charge is -2.04. The van der Waals surface area contributed by atoms with Crippen molar-refractivity contribution in [3.8, 4) is 0 Å². The zero-order valence-electron chi connectivity index (χ0n) is 35.3. The lowest BCUT2D eigenvalue weighted by Crippen LogP contribution is -1.92. The number of hydrogen-bond donors (Lipinski definition) is 0. The van der Waals surface area contributed by atoms with Crippen molar-refractivity contribution in [2.45, 2.75) is 66.1 Å². The second-order valence-electron chi connectivity index (χ2n) is 16.4. The minimum atomic E-state index is 0.526. The molecule has 2 unspecified atom stereocenters. The van der Waals surface area contributed by atoms with Crippen LogP contribution in [0.5, 0.6) is 0 Å². The number of benzene rings is 6. The van der Waals surface area contributed by atoms with Gasteiger partial charge in [0.25, 0.3) is 0 Å². The Hall–Kier alpha value is -6.58. The van der Waals surface area contributed by atoms with E-state index in [0.29, 0.717) is 11.8 Å². The van der Waals surface area contributed by atoms with Crippen LogP contribution in [0.4, 0.5) is 0 Å². The van der Waals surface area contributed by atoms with Gasteiger partial charge in [0.1, 0.15) is 0 Å². The predicted molar refractivity (Wildman–Crippen MR) is 260 cm³/mol. The molecular weight excluding hydrogens is 727 g/mol. The second-order valence-corrected chi connectivity index (χ2v) is 16.4. The summed E-state index contributed by atoms with van der Waals surface area (Å²) in [5.74, 6) is 1.07. The van der Waals surface area contributed by atoms with E-state index in [0.717, 1.165) is 26.1 Å².